The lowest BCUT2D eigenvalue weighted by atomic mass is 10.1. The predicted octanol–water partition coefficient (Wildman–Crippen LogP) is 0.619. The number of imide groups is 1. The first-order chi connectivity index (χ1) is 12.5. The number of aliphatic carboxylic acids is 1. The molecule has 1 aromatic carbocycles. The van der Waals surface area contributed by atoms with Crippen LogP contribution in [-0.2, 0) is 20.7 Å². The molecule has 2 rings (SSSR count). The number of nitrogens with two attached hydrogens (primary N) is 1. The van der Waals surface area contributed by atoms with E-state index in [0.717, 1.165) is 10.6 Å². The van der Waals surface area contributed by atoms with Crippen molar-refractivity contribution < 1.29 is 29.0 Å². The Morgan fingerprint density at radius 1 is 1.30 bits per heavy atom. The Labute approximate surface area is 156 Å². The number of benzene rings is 1. The molecule has 0 spiro atoms. The van der Waals surface area contributed by atoms with E-state index in [-0.39, 0.29) is 18.9 Å². The van der Waals surface area contributed by atoms with Crippen molar-refractivity contribution in [3.63, 3.8) is 0 Å². The summed E-state index contributed by atoms with van der Waals surface area (Å²) in [6.45, 7) is 5.14. The third-order valence-corrected chi connectivity index (χ3v) is 3.09. The maximum Gasteiger partial charge on any atom is 0.408 e. The number of nitrogens with zero attached hydrogens (tertiary/aromatic N) is 1. The largest absolute Gasteiger partial charge is 0.480 e. The Hall–Kier alpha value is -3.14. The van der Waals surface area contributed by atoms with Crippen LogP contribution < -0.4 is 16.5 Å². The number of nitrogens with one attached hydrogen (secondary N) is 2. The van der Waals surface area contributed by atoms with Crippen molar-refractivity contribution in [2.45, 2.75) is 38.8 Å². The summed E-state index contributed by atoms with van der Waals surface area (Å²) in [6, 6.07) is 7.58. The highest BCUT2D eigenvalue weighted by Gasteiger charge is 2.24. The minimum absolute atomic E-state index is 0.0289. The maximum atomic E-state index is 11.6. The van der Waals surface area contributed by atoms with Gasteiger partial charge in [-0.2, -0.15) is 0 Å². The highest BCUT2D eigenvalue weighted by atomic mass is 16.6. The standard InChI is InChI=1S/C14H19NO4.C3H5N3O2/c1-14(2,3)19-13(18)15-11(12(16)17)9-10-7-5-4-6-8-10;4-6-1-2(7)5-3(6)8/h4-8,11H,9H2,1-3H3,(H,15,18)(H,16,17);1,4H2,(H,5,7,8)/t11-;/m0./s1. The first-order valence-corrected chi connectivity index (χ1v) is 8.10. The molecule has 1 fully saturated rings. The Morgan fingerprint density at radius 3 is 2.26 bits per heavy atom. The van der Waals surface area contributed by atoms with Gasteiger partial charge in [-0.25, -0.2) is 20.2 Å². The quantitative estimate of drug-likeness (QED) is 0.339. The van der Waals surface area contributed by atoms with Crippen LogP contribution in [0.25, 0.3) is 0 Å². The van der Waals surface area contributed by atoms with E-state index < -0.39 is 29.7 Å². The molecule has 0 aliphatic carbocycles. The molecule has 148 valence electrons. The van der Waals surface area contributed by atoms with Gasteiger partial charge in [0.05, 0.1) is 0 Å². The van der Waals surface area contributed by atoms with Gasteiger partial charge >= 0.3 is 18.1 Å². The molecule has 0 radical (unpaired) electrons. The van der Waals surface area contributed by atoms with Crippen LogP contribution in [0.2, 0.25) is 0 Å². The molecule has 0 saturated carbocycles. The lowest BCUT2D eigenvalue weighted by Gasteiger charge is -2.22. The topological polar surface area (TPSA) is 151 Å². The second-order valence-corrected chi connectivity index (χ2v) is 6.71. The number of carbonyl (C=O) groups is 4. The Bertz CT molecular complexity index is 686. The van der Waals surface area contributed by atoms with Crippen LogP contribution >= 0.6 is 0 Å². The van der Waals surface area contributed by atoms with Crippen LogP contribution in [0.15, 0.2) is 30.3 Å². The highest BCUT2D eigenvalue weighted by Crippen LogP contribution is 2.08. The van der Waals surface area contributed by atoms with Gasteiger partial charge in [-0.3, -0.25) is 15.1 Å². The summed E-state index contributed by atoms with van der Waals surface area (Å²) in [6.07, 6.45) is -0.508. The molecule has 4 amide bonds. The number of urea groups is 1. The van der Waals surface area contributed by atoms with Crippen molar-refractivity contribution in [2.75, 3.05) is 6.54 Å². The number of hydrogen-bond acceptors (Lipinski definition) is 6. The lowest BCUT2D eigenvalue weighted by molar-refractivity contribution is -0.139. The van der Waals surface area contributed by atoms with Gasteiger partial charge in [-0.05, 0) is 26.3 Å². The average molecular weight is 380 g/mol. The number of carbonyl (C=O) groups excluding carboxylic acids is 3. The Balaban J connectivity index is 0.000000377. The molecule has 0 bridgehead atoms. The molecule has 0 unspecified atom stereocenters. The zero-order chi connectivity index (χ0) is 20.6. The van der Waals surface area contributed by atoms with Crippen molar-refractivity contribution in [2.24, 2.45) is 5.84 Å². The summed E-state index contributed by atoms with van der Waals surface area (Å²) in [5.74, 6) is 3.53. The van der Waals surface area contributed by atoms with E-state index in [1.807, 2.05) is 35.6 Å². The summed E-state index contributed by atoms with van der Waals surface area (Å²) in [4.78, 5) is 43.2. The van der Waals surface area contributed by atoms with E-state index >= 15 is 0 Å². The fourth-order valence-electron chi connectivity index (χ4n) is 1.96. The van der Waals surface area contributed by atoms with Gasteiger partial charge in [0.25, 0.3) is 0 Å². The van der Waals surface area contributed by atoms with E-state index in [9.17, 15) is 19.2 Å². The van der Waals surface area contributed by atoms with Crippen LogP contribution in [0, 0.1) is 0 Å². The first kappa shape index (κ1) is 21.9. The third kappa shape index (κ3) is 8.68. The van der Waals surface area contributed by atoms with Crippen molar-refractivity contribution in [3.8, 4) is 0 Å². The number of rotatable bonds is 4. The molecule has 5 N–H and O–H groups in total. The lowest BCUT2D eigenvalue weighted by Crippen LogP contribution is -2.44. The summed E-state index contributed by atoms with van der Waals surface area (Å²) >= 11 is 0. The van der Waals surface area contributed by atoms with Crippen LogP contribution in [0.5, 0.6) is 0 Å². The maximum absolute atomic E-state index is 11.6. The molecule has 10 heteroatoms. The fraction of sp³-hybridized carbons (Fsp3) is 0.412. The number of carboxylic acids is 1. The predicted molar refractivity (Wildman–Crippen MR) is 95.4 cm³/mol. The van der Waals surface area contributed by atoms with Crippen molar-refractivity contribution >= 4 is 24.0 Å². The number of amides is 4. The van der Waals surface area contributed by atoms with Gasteiger partial charge < -0.3 is 15.2 Å². The van der Waals surface area contributed by atoms with Gasteiger partial charge in [0.1, 0.15) is 18.2 Å². The molecule has 1 saturated heterocycles. The molecule has 1 aliphatic heterocycles. The molecular weight excluding hydrogens is 356 g/mol. The van der Waals surface area contributed by atoms with Crippen LogP contribution in [0.3, 0.4) is 0 Å². The first-order valence-electron chi connectivity index (χ1n) is 8.10. The highest BCUT2D eigenvalue weighted by molar-refractivity contribution is 6.01. The van der Waals surface area contributed by atoms with Gasteiger partial charge in [0.2, 0.25) is 5.91 Å². The Morgan fingerprint density at radius 2 is 1.89 bits per heavy atom. The van der Waals surface area contributed by atoms with Crippen LogP contribution in [0.4, 0.5) is 9.59 Å². The normalized spacial score (nSPS) is 14.6. The van der Waals surface area contributed by atoms with Gasteiger partial charge in [-0.15, -0.1) is 0 Å². The van der Waals surface area contributed by atoms with Gasteiger partial charge in [-0.1, -0.05) is 30.3 Å². The SMILES string of the molecule is CC(C)(C)OC(=O)N[C@@H](Cc1ccccc1)C(=O)O.NN1CC(=O)NC1=O. The van der Waals surface area contributed by atoms with E-state index in [0.29, 0.717) is 0 Å². The monoisotopic (exact) mass is 380 g/mol. The zero-order valence-electron chi connectivity index (χ0n) is 15.4. The summed E-state index contributed by atoms with van der Waals surface area (Å²) < 4.78 is 5.04. The molecule has 27 heavy (non-hydrogen) atoms. The number of hydrogen-bond donors (Lipinski definition) is 4. The zero-order valence-corrected chi connectivity index (χ0v) is 15.4. The number of carboxylic acid groups (broad SMARTS) is 1. The van der Waals surface area contributed by atoms with E-state index in [4.69, 9.17) is 15.7 Å². The minimum atomic E-state index is -1.09. The number of ether oxygens (including phenoxy) is 1. The van der Waals surface area contributed by atoms with E-state index in [1.165, 1.54) is 0 Å². The van der Waals surface area contributed by atoms with Crippen LogP contribution in [-0.4, -0.2) is 52.3 Å². The summed E-state index contributed by atoms with van der Waals surface area (Å²) in [5, 5.41) is 14.3. The third-order valence-electron chi connectivity index (χ3n) is 3.09. The van der Waals surface area contributed by atoms with Crippen molar-refractivity contribution in [3.05, 3.63) is 35.9 Å². The van der Waals surface area contributed by atoms with Crippen molar-refractivity contribution in [1.82, 2.24) is 15.6 Å². The molecule has 0 aromatic heterocycles. The molecule has 10 nitrogen and oxygen atoms in total. The Kier molecular flexibility index (Phi) is 7.73. The molecule has 1 aromatic rings. The second kappa shape index (κ2) is 9.53. The fourth-order valence-corrected chi connectivity index (χ4v) is 1.96. The average Bonchev–Trinajstić information content (AvgIpc) is 2.82. The second-order valence-electron chi connectivity index (χ2n) is 6.71. The summed E-state index contributed by atoms with van der Waals surface area (Å²) in [5.41, 5.74) is 0.186. The number of alkyl carbamates (subject to hydrolysis) is 1. The number of hydrazine groups is 1. The van der Waals surface area contributed by atoms with Crippen molar-refractivity contribution in [1.29, 1.82) is 0 Å². The molecule has 1 aliphatic rings. The molecule has 1 heterocycles. The van der Waals surface area contributed by atoms with Gasteiger partial charge in [0.15, 0.2) is 0 Å². The van der Waals surface area contributed by atoms with E-state index in [1.54, 1.807) is 20.8 Å². The van der Waals surface area contributed by atoms with Crippen LogP contribution in [0.1, 0.15) is 26.3 Å². The van der Waals surface area contributed by atoms with E-state index in [2.05, 4.69) is 5.32 Å². The smallest absolute Gasteiger partial charge is 0.408 e. The summed E-state index contributed by atoms with van der Waals surface area (Å²) in [7, 11) is 0. The molecular formula is C17H24N4O6. The minimum Gasteiger partial charge on any atom is -0.480 e. The molecule has 1 atom stereocenters. The van der Waals surface area contributed by atoms with Gasteiger partial charge in [0, 0.05) is 6.42 Å².